The van der Waals surface area contributed by atoms with Gasteiger partial charge in [0.05, 0.1) is 12.1 Å². The molecule has 0 spiro atoms. The van der Waals surface area contributed by atoms with Gasteiger partial charge in [-0.15, -0.1) is 0 Å². The second kappa shape index (κ2) is 7.74. The number of rotatable bonds is 6. The van der Waals surface area contributed by atoms with Crippen molar-refractivity contribution in [3.8, 4) is 0 Å². The number of benzene rings is 1. The molecule has 0 aliphatic rings. The van der Waals surface area contributed by atoms with Gasteiger partial charge in [0, 0.05) is 24.0 Å². The van der Waals surface area contributed by atoms with Gasteiger partial charge in [-0.1, -0.05) is 15.9 Å². The Balaban J connectivity index is 2.37. The maximum absolute atomic E-state index is 13.5. The minimum atomic E-state index is -4.21. The Labute approximate surface area is 128 Å². The number of amides is 1. The van der Waals surface area contributed by atoms with Crippen molar-refractivity contribution in [1.82, 2.24) is 4.90 Å². The summed E-state index contributed by atoms with van der Waals surface area (Å²) in [5.74, 6) is -1.03. The van der Waals surface area contributed by atoms with Crippen molar-refractivity contribution in [2.75, 3.05) is 25.5 Å². The lowest BCUT2D eigenvalue weighted by Crippen LogP contribution is -2.28. The van der Waals surface area contributed by atoms with Crippen LogP contribution in [0.25, 0.3) is 0 Å². The van der Waals surface area contributed by atoms with Crippen LogP contribution in [0, 0.1) is 5.82 Å². The van der Waals surface area contributed by atoms with Gasteiger partial charge < -0.3 is 10.2 Å². The van der Waals surface area contributed by atoms with Crippen LogP contribution in [0.4, 0.5) is 23.2 Å². The Hall–Kier alpha value is -1.15. The Morgan fingerprint density at radius 3 is 2.57 bits per heavy atom. The highest BCUT2D eigenvalue weighted by Crippen LogP contribution is 2.20. The van der Waals surface area contributed by atoms with Gasteiger partial charge >= 0.3 is 6.18 Å². The Bertz CT molecular complexity index is 494. The molecule has 0 saturated carbocycles. The first-order valence-electron chi connectivity index (χ1n) is 6.17. The van der Waals surface area contributed by atoms with E-state index in [1.54, 1.807) is 6.07 Å². The standard InChI is InChI=1S/C13H15BrF4N2O/c1-20(7-5-13(16,17)18)6-4-12(21)19-11-3-2-9(14)8-10(11)15/h2-3,8H,4-7H2,1H3,(H,19,21). The lowest BCUT2D eigenvalue weighted by molar-refractivity contribution is -0.137. The summed E-state index contributed by atoms with van der Waals surface area (Å²) in [7, 11) is 1.50. The van der Waals surface area contributed by atoms with Crippen molar-refractivity contribution >= 4 is 27.5 Å². The molecule has 0 aliphatic heterocycles. The third-order valence-electron chi connectivity index (χ3n) is 2.70. The molecule has 0 aliphatic carbocycles. The molecule has 0 bridgehead atoms. The fourth-order valence-corrected chi connectivity index (χ4v) is 1.86. The Kier molecular flexibility index (Phi) is 6.60. The number of hydrogen-bond acceptors (Lipinski definition) is 2. The second-order valence-corrected chi connectivity index (χ2v) is 5.51. The molecule has 0 saturated heterocycles. The summed E-state index contributed by atoms with van der Waals surface area (Å²) < 4.78 is 50.1. The summed E-state index contributed by atoms with van der Waals surface area (Å²) in [6.07, 6.45) is -5.15. The molecule has 21 heavy (non-hydrogen) atoms. The van der Waals surface area contributed by atoms with Crippen LogP contribution in [0.2, 0.25) is 0 Å². The first kappa shape index (κ1) is 17.9. The predicted octanol–water partition coefficient (Wildman–Crippen LogP) is 3.80. The number of alkyl halides is 3. The maximum Gasteiger partial charge on any atom is 0.390 e. The largest absolute Gasteiger partial charge is 0.390 e. The van der Waals surface area contributed by atoms with Gasteiger partial charge in [-0.05, 0) is 25.2 Å². The topological polar surface area (TPSA) is 32.3 Å². The second-order valence-electron chi connectivity index (χ2n) is 4.59. The molecule has 0 fully saturated rings. The highest BCUT2D eigenvalue weighted by atomic mass is 79.9. The number of carbonyl (C=O) groups excluding carboxylic acids is 1. The Morgan fingerprint density at radius 1 is 1.33 bits per heavy atom. The third kappa shape index (κ3) is 7.42. The molecule has 0 atom stereocenters. The number of halogens is 5. The highest BCUT2D eigenvalue weighted by Gasteiger charge is 2.27. The van der Waals surface area contributed by atoms with E-state index >= 15 is 0 Å². The van der Waals surface area contributed by atoms with E-state index in [2.05, 4.69) is 21.2 Å². The van der Waals surface area contributed by atoms with Crippen molar-refractivity contribution in [2.24, 2.45) is 0 Å². The van der Waals surface area contributed by atoms with E-state index in [0.29, 0.717) is 4.47 Å². The molecule has 1 aromatic carbocycles. The first-order chi connectivity index (χ1) is 9.67. The van der Waals surface area contributed by atoms with Gasteiger partial charge in [0.25, 0.3) is 0 Å². The minimum Gasteiger partial charge on any atom is -0.324 e. The van der Waals surface area contributed by atoms with Crippen LogP contribution in [-0.4, -0.2) is 37.1 Å². The summed E-state index contributed by atoms with van der Waals surface area (Å²) >= 11 is 3.09. The molecule has 3 nitrogen and oxygen atoms in total. The van der Waals surface area contributed by atoms with Crippen molar-refractivity contribution in [2.45, 2.75) is 19.0 Å². The number of nitrogens with one attached hydrogen (secondary N) is 1. The average Bonchev–Trinajstić information content (AvgIpc) is 2.36. The van der Waals surface area contributed by atoms with Crippen LogP contribution in [0.5, 0.6) is 0 Å². The van der Waals surface area contributed by atoms with Gasteiger partial charge in [0.1, 0.15) is 5.82 Å². The van der Waals surface area contributed by atoms with E-state index in [4.69, 9.17) is 0 Å². The molecule has 1 amide bonds. The van der Waals surface area contributed by atoms with Gasteiger partial charge in [0.2, 0.25) is 5.91 Å². The zero-order valence-electron chi connectivity index (χ0n) is 11.3. The van der Waals surface area contributed by atoms with Gasteiger partial charge in [0.15, 0.2) is 0 Å². The molecule has 1 aromatic rings. The average molecular weight is 371 g/mol. The summed E-state index contributed by atoms with van der Waals surface area (Å²) in [5, 5.41) is 2.38. The quantitative estimate of drug-likeness (QED) is 0.772. The van der Waals surface area contributed by atoms with Crippen LogP contribution in [-0.2, 0) is 4.79 Å². The van der Waals surface area contributed by atoms with Gasteiger partial charge in [-0.2, -0.15) is 13.2 Å². The molecule has 0 heterocycles. The Morgan fingerprint density at radius 2 is 2.00 bits per heavy atom. The molecule has 1 rings (SSSR count). The minimum absolute atomic E-state index is 0.0101. The fraction of sp³-hybridized carbons (Fsp3) is 0.462. The van der Waals surface area contributed by atoms with Crippen LogP contribution < -0.4 is 5.32 Å². The summed E-state index contributed by atoms with van der Waals surface area (Å²) in [4.78, 5) is 13.0. The van der Waals surface area contributed by atoms with Crippen molar-refractivity contribution in [3.05, 3.63) is 28.5 Å². The zero-order valence-corrected chi connectivity index (χ0v) is 12.9. The van der Waals surface area contributed by atoms with E-state index < -0.39 is 24.3 Å². The molecule has 0 aromatic heterocycles. The monoisotopic (exact) mass is 370 g/mol. The molecule has 1 N–H and O–H groups in total. The van der Waals surface area contributed by atoms with Crippen LogP contribution in [0.15, 0.2) is 22.7 Å². The molecule has 8 heteroatoms. The normalized spacial score (nSPS) is 11.8. The maximum atomic E-state index is 13.5. The summed E-state index contributed by atoms with van der Waals surface area (Å²) in [5.41, 5.74) is 0.0427. The smallest absolute Gasteiger partial charge is 0.324 e. The molecule has 0 radical (unpaired) electrons. The molecule has 0 unspecified atom stereocenters. The summed E-state index contributed by atoms with van der Waals surface area (Å²) in [6, 6.07) is 4.20. The van der Waals surface area contributed by atoms with E-state index in [1.807, 2.05) is 0 Å². The lowest BCUT2D eigenvalue weighted by Gasteiger charge is -2.17. The lowest BCUT2D eigenvalue weighted by atomic mass is 10.3. The molecule has 118 valence electrons. The van der Waals surface area contributed by atoms with Crippen LogP contribution >= 0.6 is 15.9 Å². The van der Waals surface area contributed by atoms with Crippen LogP contribution in [0.1, 0.15) is 12.8 Å². The van der Waals surface area contributed by atoms with Crippen molar-refractivity contribution in [1.29, 1.82) is 0 Å². The van der Waals surface area contributed by atoms with Gasteiger partial charge in [-0.25, -0.2) is 4.39 Å². The zero-order chi connectivity index (χ0) is 16.0. The van der Waals surface area contributed by atoms with Crippen molar-refractivity contribution < 1.29 is 22.4 Å². The fourth-order valence-electron chi connectivity index (χ4n) is 1.53. The van der Waals surface area contributed by atoms with Gasteiger partial charge in [-0.3, -0.25) is 4.79 Å². The number of nitrogens with zero attached hydrogens (tertiary/aromatic N) is 1. The molecular weight excluding hydrogens is 356 g/mol. The molecular formula is C13H15BrF4N2O. The van der Waals surface area contributed by atoms with Crippen molar-refractivity contribution in [3.63, 3.8) is 0 Å². The number of anilines is 1. The van der Waals surface area contributed by atoms with E-state index in [1.165, 1.54) is 24.1 Å². The number of carbonyl (C=O) groups is 1. The highest BCUT2D eigenvalue weighted by molar-refractivity contribution is 9.10. The first-order valence-corrected chi connectivity index (χ1v) is 6.97. The summed E-state index contributed by atoms with van der Waals surface area (Å²) in [6.45, 7) is -0.0104. The predicted molar refractivity (Wildman–Crippen MR) is 75.5 cm³/mol. The third-order valence-corrected chi connectivity index (χ3v) is 3.20. The van der Waals surface area contributed by atoms with Crippen LogP contribution in [0.3, 0.4) is 0 Å². The van der Waals surface area contributed by atoms with E-state index in [0.717, 1.165) is 0 Å². The van der Waals surface area contributed by atoms with E-state index in [9.17, 15) is 22.4 Å². The SMILES string of the molecule is CN(CCC(=O)Nc1ccc(Br)cc1F)CCC(F)(F)F. The van der Waals surface area contributed by atoms with E-state index in [-0.39, 0.29) is 25.2 Å². The number of hydrogen-bond donors (Lipinski definition) is 1.